The van der Waals surface area contributed by atoms with Crippen LogP contribution in [0.4, 0.5) is 5.69 Å². The minimum atomic E-state index is -0.212. The summed E-state index contributed by atoms with van der Waals surface area (Å²) in [6, 6.07) is 3.49. The standard InChI is InChI=1S/C13H20ClNO3/c1-13(2,8-16)7-15-10-6-12(18-4)11(17-3)5-9(10)14/h5-6,15-16H,7-8H2,1-4H3. The van der Waals surface area contributed by atoms with E-state index in [2.05, 4.69) is 5.32 Å². The molecule has 0 heterocycles. The molecule has 0 radical (unpaired) electrons. The van der Waals surface area contributed by atoms with E-state index >= 15 is 0 Å². The number of methoxy groups -OCH3 is 2. The van der Waals surface area contributed by atoms with Crippen LogP contribution < -0.4 is 14.8 Å². The lowest BCUT2D eigenvalue weighted by Gasteiger charge is -2.23. The van der Waals surface area contributed by atoms with Gasteiger partial charge in [0, 0.05) is 30.7 Å². The van der Waals surface area contributed by atoms with E-state index in [1.54, 1.807) is 26.4 Å². The molecule has 18 heavy (non-hydrogen) atoms. The van der Waals surface area contributed by atoms with E-state index in [4.69, 9.17) is 21.1 Å². The molecule has 102 valence electrons. The number of hydrogen-bond acceptors (Lipinski definition) is 4. The fraction of sp³-hybridized carbons (Fsp3) is 0.538. The molecule has 1 aromatic carbocycles. The third kappa shape index (κ3) is 3.68. The molecular weight excluding hydrogens is 254 g/mol. The highest BCUT2D eigenvalue weighted by atomic mass is 35.5. The summed E-state index contributed by atoms with van der Waals surface area (Å²) in [5, 5.41) is 13.0. The average molecular weight is 274 g/mol. The molecule has 0 saturated carbocycles. The number of nitrogens with one attached hydrogen (secondary N) is 1. The highest BCUT2D eigenvalue weighted by molar-refractivity contribution is 6.33. The summed E-state index contributed by atoms with van der Waals surface area (Å²) in [6.45, 7) is 4.65. The Balaban J connectivity index is 2.89. The van der Waals surface area contributed by atoms with Gasteiger partial charge in [-0.25, -0.2) is 0 Å². The lowest BCUT2D eigenvalue weighted by molar-refractivity contribution is 0.171. The fourth-order valence-corrected chi connectivity index (χ4v) is 1.60. The van der Waals surface area contributed by atoms with Gasteiger partial charge < -0.3 is 19.9 Å². The second-order valence-corrected chi connectivity index (χ2v) is 5.27. The van der Waals surface area contributed by atoms with Crippen molar-refractivity contribution in [2.75, 3.05) is 32.7 Å². The summed E-state index contributed by atoms with van der Waals surface area (Å²) in [5.74, 6) is 1.21. The second-order valence-electron chi connectivity index (χ2n) is 4.86. The Hall–Kier alpha value is -1.13. The van der Waals surface area contributed by atoms with Crippen LogP contribution in [0.3, 0.4) is 0 Å². The number of hydrogen-bond donors (Lipinski definition) is 2. The molecule has 0 atom stereocenters. The molecule has 0 aromatic heterocycles. The Labute approximate surface area is 113 Å². The molecule has 4 nitrogen and oxygen atoms in total. The Morgan fingerprint density at radius 1 is 1.22 bits per heavy atom. The maximum atomic E-state index is 9.21. The predicted molar refractivity (Wildman–Crippen MR) is 73.9 cm³/mol. The van der Waals surface area contributed by atoms with E-state index in [9.17, 15) is 5.11 Å². The molecule has 0 fully saturated rings. The highest BCUT2D eigenvalue weighted by Gasteiger charge is 2.17. The van der Waals surface area contributed by atoms with Gasteiger partial charge in [0.2, 0.25) is 0 Å². The number of aliphatic hydroxyl groups is 1. The summed E-state index contributed by atoms with van der Waals surface area (Å²) in [6.07, 6.45) is 0. The Morgan fingerprint density at radius 3 is 2.28 bits per heavy atom. The number of aliphatic hydroxyl groups excluding tert-OH is 1. The van der Waals surface area contributed by atoms with Crippen molar-refractivity contribution in [2.45, 2.75) is 13.8 Å². The molecule has 0 unspecified atom stereocenters. The monoisotopic (exact) mass is 273 g/mol. The largest absolute Gasteiger partial charge is 0.493 e. The molecule has 0 aliphatic heterocycles. The maximum absolute atomic E-state index is 9.21. The molecule has 5 heteroatoms. The summed E-state index contributed by atoms with van der Waals surface area (Å²) < 4.78 is 10.4. The van der Waals surface area contributed by atoms with E-state index in [1.165, 1.54) is 0 Å². The third-order valence-electron chi connectivity index (χ3n) is 2.66. The average Bonchev–Trinajstić information content (AvgIpc) is 2.36. The number of ether oxygens (including phenoxy) is 2. The zero-order chi connectivity index (χ0) is 13.8. The van der Waals surface area contributed by atoms with Crippen molar-refractivity contribution >= 4 is 17.3 Å². The molecule has 0 bridgehead atoms. The van der Waals surface area contributed by atoms with Crippen LogP contribution in [0.2, 0.25) is 5.02 Å². The van der Waals surface area contributed by atoms with Crippen molar-refractivity contribution in [1.29, 1.82) is 0 Å². The van der Waals surface area contributed by atoms with E-state index in [0.29, 0.717) is 23.1 Å². The van der Waals surface area contributed by atoms with Gasteiger partial charge in [-0.2, -0.15) is 0 Å². The van der Waals surface area contributed by atoms with Crippen molar-refractivity contribution in [3.05, 3.63) is 17.2 Å². The van der Waals surface area contributed by atoms with Crippen molar-refractivity contribution in [2.24, 2.45) is 5.41 Å². The minimum Gasteiger partial charge on any atom is -0.493 e. The SMILES string of the molecule is COc1cc(Cl)c(NCC(C)(C)CO)cc1OC. The molecular formula is C13H20ClNO3. The van der Waals surface area contributed by atoms with Crippen molar-refractivity contribution in [1.82, 2.24) is 0 Å². The molecule has 1 aromatic rings. The Morgan fingerprint density at radius 2 is 1.78 bits per heavy atom. The van der Waals surface area contributed by atoms with Gasteiger partial charge in [0.05, 0.1) is 24.9 Å². The van der Waals surface area contributed by atoms with Gasteiger partial charge in [0.15, 0.2) is 11.5 Å². The lowest BCUT2D eigenvalue weighted by atomic mass is 9.95. The van der Waals surface area contributed by atoms with E-state index in [1.807, 2.05) is 13.8 Å². The van der Waals surface area contributed by atoms with Gasteiger partial charge in [-0.3, -0.25) is 0 Å². The van der Waals surface area contributed by atoms with Gasteiger partial charge in [-0.1, -0.05) is 25.4 Å². The normalized spacial score (nSPS) is 11.2. The predicted octanol–water partition coefficient (Wildman–Crippen LogP) is 2.79. The van der Waals surface area contributed by atoms with Gasteiger partial charge in [-0.05, 0) is 0 Å². The molecule has 0 aliphatic carbocycles. The van der Waals surface area contributed by atoms with Crippen LogP contribution in [0.1, 0.15) is 13.8 Å². The van der Waals surface area contributed by atoms with E-state index in [-0.39, 0.29) is 12.0 Å². The number of halogens is 1. The Bertz CT molecular complexity index is 407. The van der Waals surface area contributed by atoms with Crippen LogP contribution in [-0.2, 0) is 0 Å². The first kappa shape index (κ1) is 14.9. The summed E-state index contributed by atoms with van der Waals surface area (Å²) in [4.78, 5) is 0. The van der Waals surface area contributed by atoms with E-state index < -0.39 is 0 Å². The summed E-state index contributed by atoms with van der Waals surface area (Å²) in [5.41, 5.74) is 0.548. The van der Waals surface area contributed by atoms with Gasteiger partial charge in [0.1, 0.15) is 0 Å². The van der Waals surface area contributed by atoms with Crippen molar-refractivity contribution in [3.63, 3.8) is 0 Å². The van der Waals surface area contributed by atoms with Crippen molar-refractivity contribution in [3.8, 4) is 11.5 Å². The second kappa shape index (κ2) is 6.16. The van der Waals surface area contributed by atoms with Crippen LogP contribution >= 0.6 is 11.6 Å². The summed E-state index contributed by atoms with van der Waals surface area (Å²) in [7, 11) is 3.14. The zero-order valence-corrected chi connectivity index (χ0v) is 12.0. The van der Waals surface area contributed by atoms with Gasteiger partial charge in [0.25, 0.3) is 0 Å². The number of anilines is 1. The van der Waals surface area contributed by atoms with Crippen LogP contribution in [0.5, 0.6) is 11.5 Å². The zero-order valence-electron chi connectivity index (χ0n) is 11.2. The quantitative estimate of drug-likeness (QED) is 0.837. The topological polar surface area (TPSA) is 50.7 Å². The molecule has 0 amide bonds. The van der Waals surface area contributed by atoms with Crippen LogP contribution in [0.15, 0.2) is 12.1 Å². The lowest BCUT2D eigenvalue weighted by Crippen LogP contribution is -2.26. The Kier molecular flexibility index (Phi) is 5.11. The molecule has 0 saturated heterocycles. The first-order valence-corrected chi connectivity index (χ1v) is 6.07. The maximum Gasteiger partial charge on any atom is 0.162 e. The molecule has 2 N–H and O–H groups in total. The van der Waals surface area contributed by atoms with Crippen LogP contribution in [-0.4, -0.2) is 32.5 Å². The summed E-state index contributed by atoms with van der Waals surface area (Å²) >= 11 is 6.15. The van der Waals surface area contributed by atoms with Crippen LogP contribution in [0, 0.1) is 5.41 Å². The minimum absolute atomic E-state index is 0.102. The van der Waals surface area contributed by atoms with Gasteiger partial charge >= 0.3 is 0 Å². The van der Waals surface area contributed by atoms with Gasteiger partial charge in [-0.15, -0.1) is 0 Å². The first-order valence-electron chi connectivity index (χ1n) is 5.70. The molecule has 0 aliphatic rings. The van der Waals surface area contributed by atoms with Crippen LogP contribution in [0.25, 0.3) is 0 Å². The number of rotatable bonds is 6. The molecule has 1 rings (SSSR count). The first-order chi connectivity index (χ1) is 8.43. The third-order valence-corrected chi connectivity index (χ3v) is 2.97. The fourth-order valence-electron chi connectivity index (χ4n) is 1.38. The molecule has 0 spiro atoms. The highest BCUT2D eigenvalue weighted by Crippen LogP contribution is 2.36. The smallest absolute Gasteiger partial charge is 0.162 e. The van der Waals surface area contributed by atoms with Crippen molar-refractivity contribution < 1.29 is 14.6 Å². The van der Waals surface area contributed by atoms with E-state index in [0.717, 1.165) is 5.69 Å². The number of benzene rings is 1.